The molecule has 0 aromatic heterocycles. The van der Waals surface area contributed by atoms with E-state index in [0.717, 1.165) is 0 Å². The van der Waals surface area contributed by atoms with Crippen LogP contribution in [0.4, 0.5) is 4.79 Å². The Morgan fingerprint density at radius 3 is 2.32 bits per heavy atom. The van der Waals surface area contributed by atoms with E-state index >= 15 is 0 Å². The molecule has 164 valence electrons. The summed E-state index contributed by atoms with van der Waals surface area (Å²) in [5.74, 6) is -0.788. The van der Waals surface area contributed by atoms with Crippen molar-refractivity contribution in [3.05, 3.63) is 87.2 Å². The van der Waals surface area contributed by atoms with Crippen molar-refractivity contribution in [3.63, 3.8) is 0 Å². The number of carbonyl (C=O) groups excluding carboxylic acids is 1. The molecule has 0 bridgehead atoms. The quantitative estimate of drug-likeness (QED) is 0.570. The van der Waals surface area contributed by atoms with Crippen LogP contribution in [0.25, 0.3) is 0 Å². The summed E-state index contributed by atoms with van der Waals surface area (Å²) in [6.45, 7) is 5.44. The molecule has 8 heteroatoms. The molecular weight excluding hydrogens is 438 g/mol. The van der Waals surface area contributed by atoms with Crippen molar-refractivity contribution in [2.24, 2.45) is 0 Å². The summed E-state index contributed by atoms with van der Waals surface area (Å²) >= 11 is 6.47. The van der Waals surface area contributed by atoms with E-state index in [1.165, 1.54) is 12.1 Å². The smallest absolute Gasteiger partial charge is 0.434 e. The van der Waals surface area contributed by atoms with Crippen LogP contribution >= 0.6 is 11.6 Å². The van der Waals surface area contributed by atoms with E-state index in [0.29, 0.717) is 28.4 Å². The normalized spacial score (nSPS) is 16.7. The first-order chi connectivity index (χ1) is 14.8. The van der Waals surface area contributed by atoms with Gasteiger partial charge in [0.1, 0.15) is 5.76 Å². The van der Waals surface area contributed by atoms with Crippen LogP contribution in [-0.2, 0) is 19.3 Å². The van der Waals surface area contributed by atoms with Crippen molar-refractivity contribution in [1.82, 2.24) is 5.32 Å². The van der Waals surface area contributed by atoms with E-state index in [1.54, 1.807) is 56.3 Å². The zero-order valence-electron chi connectivity index (χ0n) is 17.5. The zero-order chi connectivity index (χ0) is 22.6. The van der Waals surface area contributed by atoms with Crippen LogP contribution in [0.15, 0.2) is 81.6 Å². The zero-order valence-corrected chi connectivity index (χ0v) is 19.1. The third-order valence-electron chi connectivity index (χ3n) is 4.82. The summed E-state index contributed by atoms with van der Waals surface area (Å²) in [6, 6.07) is 15.0. The summed E-state index contributed by atoms with van der Waals surface area (Å²) in [7, 11) is -3.94. The molecule has 0 saturated carbocycles. The molecule has 2 aromatic carbocycles. The highest BCUT2D eigenvalue weighted by atomic mass is 35.5. The number of halogens is 1. The van der Waals surface area contributed by atoms with Crippen LogP contribution in [0.1, 0.15) is 38.7 Å². The summed E-state index contributed by atoms with van der Waals surface area (Å²) in [5, 5.41) is 3.40. The minimum absolute atomic E-state index is 0.0655. The van der Waals surface area contributed by atoms with Crippen molar-refractivity contribution in [2.45, 2.75) is 38.0 Å². The first-order valence-electron chi connectivity index (χ1n) is 9.85. The van der Waals surface area contributed by atoms with Gasteiger partial charge in [0.25, 0.3) is 0 Å². The average molecular weight is 462 g/mol. The summed E-state index contributed by atoms with van der Waals surface area (Å²) in [5.41, 5.74) is 1.44. The lowest BCUT2D eigenvalue weighted by Gasteiger charge is -2.31. The van der Waals surface area contributed by atoms with Crippen molar-refractivity contribution < 1.29 is 22.7 Å². The lowest BCUT2D eigenvalue weighted by Crippen LogP contribution is -2.30. The molecule has 0 aliphatic carbocycles. The van der Waals surface area contributed by atoms with Crippen LogP contribution in [0, 0.1) is 0 Å². The van der Waals surface area contributed by atoms with Gasteiger partial charge >= 0.3 is 6.16 Å². The van der Waals surface area contributed by atoms with E-state index in [1.807, 2.05) is 6.92 Å². The number of nitrogens with one attached hydrogen (secondary N) is 1. The van der Waals surface area contributed by atoms with Crippen molar-refractivity contribution >= 4 is 27.6 Å². The second-order valence-electron chi connectivity index (χ2n) is 7.08. The number of allylic oxidation sites excluding steroid dienone is 3. The first-order valence-corrected chi connectivity index (χ1v) is 11.7. The van der Waals surface area contributed by atoms with Crippen molar-refractivity contribution in [2.75, 3.05) is 6.61 Å². The maximum atomic E-state index is 13.7. The fourth-order valence-corrected chi connectivity index (χ4v) is 5.48. The minimum atomic E-state index is -3.94. The first kappa shape index (κ1) is 22.9. The third kappa shape index (κ3) is 4.78. The molecule has 1 heterocycles. The molecule has 1 aliphatic heterocycles. The van der Waals surface area contributed by atoms with E-state index in [4.69, 9.17) is 21.1 Å². The number of benzene rings is 2. The fraction of sp³-hybridized carbons (Fsp3) is 0.261. The van der Waals surface area contributed by atoms with E-state index in [9.17, 15) is 13.2 Å². The van der Waals surface area contributed by atoms with Crippen LogP contribution in [0.2, 0.25) is 5.02 Å². The van der Waals surface area contributed by atoms with Gasteiger partial charge < -0.3 is 14.8 Å². The van der Waals surface area contributed by atoms with Crippen LogP contribution < -0.4 is 5.32 Å². The molecule has 3 rings (SSSR count). The second-order valence-corrected chi connectivity index (χ2v) is 9.40. The number of rotatable bonds is 6. The second kappa shape index (κ2) is 9.58. The maximum Gasteiger partial charge on any atom is 0.513 e. The van der Waals surface area contributed by atoms with Crippen molar-refractivity contribution in [1.29, 1.82) is 0 Å². The SMILES string of the molecule is CCCOC(=O)OC1=C(C)NC(C)=C(S(=O)(=O)c2ccccc2)C1c1ccccc1Cl. The van der Waals surface area contributed by atoms with Gasteiger partial charge in [-0.05, 0) is 44.0 Å². The molecule has 6 nitrogen and oxygen atoms in total. The van der Waals surface area contributed by atoms with Gasteiger partial charge in [-0.25, -0.2) is 13.2 Å². The van der Waals surface area contributed by atoms with Gasteiger partial charge in [-0.1, -0.05) is 54.9 Å². The highest BCUT2D eigenvalue weighted by molar-refractivity contribution is 7.95. The molecule has 0 fully saturated rings. The predicted molar refractivity (Wildman–Crippen MR) is 119 cm³/mol. The molecular formula is C23H24ClNO5S. The Hall–Kier alpha value is -2.77. The topological polar surface area (TPSA) is 81.7 Å². The van der Waals surface area contributed by atoms with Crippen LogP contribution in [0.3, 0.4) is 0 Å². The number of dihydropyridines is 1. The Bertz CT molecular complexity index is 1140. The monoisotopic (exact) mass is 461 g/mol. The predicted octanol–water partition coefficient (Wildman–Crippen LogP) is 5.53. The molecule has 0 spiro atoms. The average Bonchev–Trinajstić information content (AvgIpc) is 2.74. The third-order valence-corrected chi connectivity index (χ3v) is 7.17. The molecule has 1 N–H and O–H groups in total. The Kier molecular flexibility index (Phi) is 7.08. The highest BCUT2D eigenvalue weighted by Crippen LogP contribution is 2.45. The van der Waals surface area contributed by atoms with Gasteiger partial charge in [-0.3, -0.25) is 0 Å². The van der Waals surface area contributed by atoms with Gasteiger partial charge in [-0.2, -0.15) is 0 Å². The van der Waals surface area contributed by atoms with Crippen LogP contribution in [-0.4, -0.2) is 21.2 Å². The lowest BCUT2D eigenvalue weighted by atomic mass is 9.92. The fourth-order valence-electron chi connectivity index (χ4n) is 3.47. The molecule has 2 aromatic rings. The van der Waals surface area contributed by atoms with Gasteiger partial charge in [0.15, 0.2) is 0 Å². The Balaban J connectivity index is 2.18. The number of ether oxygens (including phenoxy) is 2. The molecule has 1 unspecified atom stereocenters. The molecule has 31 heavy (non-hydrogen) atoms. The number of carbonyl (C=O) groups is 1. The largest absolute Gasteiger partial charge is 0.513 e. The summed E-state index contributed by atoms with van der Waals surface area (Å²) in [4.78, 5) is 12.5. The maximum absolute atomic E-state index is 13.7. The van der Waals surface area contributed by atoms with Gasteiger partial charge in [-0.15, -0.1) is 0 Å². The summed E-state index contributed by atoms with van der Waals surface area (Å²) in [6.07, 6.45) is -0.266. The Morgan fingerprint density at radius 2 is 1.68 bits per heavy atom. The number of hydrogen-bond acceptors (Lipinski definition) is 6. The Labute approximate surface area is 187 Å². The van der Waals surface area contributed by atoms with E-state index < -0.39 is 21.9 Å². The van der Waals surface area contributed by atoms with E-state index in [2.05, 4.69) is 5.32 Å². The summed E-state index contributed by atoms with van der Waals surface area (Å²) < 4.78 is 37.9. The van der Waals surface area contributed by atoms with Gasteiger partial charge in [0.2, 0.25) is 9.84 Å². The minimum Gasteiger partial charge on any atom is -0.434 e. The van der Waals surface area contributed by atoms with Gasteiger partial charge in [0.05, 0.1) is 28.0 Å². The van der Waals surface area contributed by atoms with Gasteiger partial charge in [0, 0.05) is 10.7 Å². The highest BCUT2D eigenvalue weighted by Gasteiger charge is 2.40. The molecule has 1 atom stereocenters. The number of hydrogen-bond donors (Lipinski definition) is 1. The molecule has 0 radical (unpaired) electrons. The molecule has 0 amide bonds. The molecule has 1 aliphatic rings. The lowest BCUT2D eigenvalue weighted by molar-refractivity contribution is 0.0730. The van der Waals surface area contributed by atoms with E-state index in [-0.39, 0.29) is 22.2 Å². The van der Waals surface area contributed by atoms with Crippen LogP contribution in [0.5, 0.6) is 0 Å². The Morgan fingerprint density at radius 1 is 1.03 bits per heavy atom. The number of sulfone groups is 1. The van der Waals surface area contributed by atoms with Crippen molar-refractivity contribution in [3.8, 4) is 0 Å². The standard InChI is InChI=1S/C23H24ClNO5S/c1-4-14-29-23(26)30-21-15(2)25-16(3)22(20(21)18-12-8-9-13-19(18)24)31(27,28)17-10-6-5-7-11-17/h5-13,20,25H,4,14H2,1-3H3. The molecule has 0 saturated heterocycles.